The monoisotopic (exact) mass is 268 g/mol. The Balaban J connectivity index is 1.67. The van der Waals surface area contributed by atoms with Crippen molar-refractivity contribution in [2.75, 3.05) is 17.6 Å². The van der Waals surface area contributed by atoms with Crippen LogP contribution >= 0.6 is 0 Å². The number of nitrogens with two attached hydrogens (primary N) is 1. The fourth-order valence-electron chi connectivity index (χ4n) is 2.17. The van der Waals surface area contributed by atoms with E-state index in [2.05, 4.69) is 25.5 Å². The molecule has 0 fully saturated rings. The van der Waals surface area contributed by atoms with E-state index in [9.17, 15) is 0 Å². The molecule has 1 aromatic carbocycles. The van der Waals surface area contributed by atoms with Crippen molar-refractivity contribution in [3.63, 3.8) is 0 Å². The SMILES string of the molecule is Nc1ccc(NCCCc2ncn[nH]2)c2ncccc12. The van der Waals surface area contributed by atoms with Crippen LogP contribution in [0.2, 0.25) is 0 Å². The molecular weight excluding hydrogens is 252 g/mol. The lowest BCUT2D eigenvalue weighted by Crippen LogP contribution is -2.05. The van der Waals surface area contributed by atoms with E-state index in [1.165, 1.54) is 6.33 Å². The topological polar surface area (TPSA) is 92.5 Å². The molecule has 0 aliphatic carbocycles. The molecule has 2 aromatic heterocycles. The Hall–Kier alpha value is -2.63. The summed E-state index contributed by atoms with van der Waals surface area (Å²) in [4.78, 5) is 8.50. The van der Waals surface area contributed by atoms with Gasteiger partial charge in [0.05, 0.1) is 11.2 Å². The van der Waals surface area contributed by atoms with Gasteiger partial charge in [-0.15, -0.1) is 0 Å². The lowest BCUT2D eigenvalue weighted by molar-refractivity contribution is 0.806. The molecule has 0 amide bonds. The smallest absolute Gasteiger partial charge is 0.137 e. The van der Waals surface area contributed by atoms with Crippen LogP contribution in [0.15, 0.2) is 36.8 Å². The maximum atomic E-state index is 5.96. The second-order valence-corrected chi connectivity index (χ2v) is 4.56. The molecule has 102 valence electrons. The summed E-state index contributed by atoms with van der Waals surface area (Å²) in [6, 6.07) is 7.76. The zero-order valence-electron chi connectivity index (χ0n) is 11.0. The van der Waals surface area contributed by atoms with Crippen molar-refractivity contribution in [1.29, 1.82) is 0 Å². The largest absolute Gasteiger partial charge is 0.398 e. The molecule has 6 heteroatoms. The normalized spacial score (nSPS) is 10.8. The number of benzene rings is 1. The number of nitrogen functional groups attached to an aromatic ring is 1. The van der Waals surface area contributed by atoms with Gasteiger partial charge >= 0.3 is 0 Å². The molecular formula is C14H16N6. The first-order valence-corrected chi connectivity index (χ1v) is 6.56. The number of hydrogen-bond donors (Lipinski definition) is 3. The standard InChI is InChI=1S/C14H16N6/c15-11-5-6-12(14-10(11)3-1-8-17-14)16-7-2-4-13-18-9-19-20-13/h1,3,5-6,8-9,16H,2,4,7,15H2,(H,18,19,20). The van der Waals surface area contributed by atoms with E-state index >= 15 is 0 Å². The second-order valence-electron chi connectivity index (χ2n) is 4.56. The summed E-state index contributed by atoms with van der Waals surface area (Å²) in [6.07, 6.45) is 5.14. The lowest BCUT2D eigenvalue weighted by Gasteiger charge is -2.10. The molecule has 20 heavy (non-hydrogen) atoms. The van der Waals surface area contributed by atoms with E-state index in [4.69, 9.17) is 5.73 Å². The number of aromatic amines is 1. The summed E-state index contributed by atoms with van der Waals surface area (Å²) in [5.41, 5.74) is 8.62. The third-order valence-electron chi connectivity index (χ3n) is 3.17. The van der Waals surface area contributed by atoms with Crippen LogP contribution in [0.1, 0.15) is 12.2 Å². The highest BCUT2D eigenvalue weighted by Gasteiger charge is 2.04. The van der Waals surface area contributed by atoms with Gasteiger partial charge in [-0.2, -0.15) is 5.10 Å². The predicted octanol–water partition coefficient (Wildman–Crippen LogP) is 1.98. The average molecular weight is 268 g/mol. The predicted molar refractivity (Wildman–Crippen MR) is 79.3 cm³/mol. The molecule has 2 heterocycles. The molecule has 0 aliphatic rings. The summed E-state index contributed by atoms with van der Waals surface area (Å²) in [6.45, 7) is 0.844. The first-order valence-electron chi connectivity index (χ1n) is 6.56. The number of pyridine rings is 1. The number of hydrogen-bond acceptors (Lipinski definition) is 5. The molecule has 0 saturated carbocycles. The third kappa shape index (κ3) is 2.54. The highest BCUT2D eigenvalue weighted by atomic mass is 15.2. The molecule has 0 spiro atoms. The first-order chi connectivity index (χ1) is 9.84. The summed E-state index contributed by atoms with van der Waals surface area (Å²) in [7, 11) is 0. The number of aryl methyl sites for hydroxylation is 1. The van der Waals surface area contributed by atoms with E-state index in [-0.39, 0.29) is 0 Å². The minimum absolute atomic E-state index is 0.750. The Morgan fingerprint density at radius 2 is 2.15 bits per heavy atom. The highest BCUT2D eigenvalue weighted by Crippen LogP contribution is 2.26. The Labute approximate surface area is 116 Å². The van der Waals surface area contributed by atoms with Crippen molar-refractivity contribution in [2.24, 2.45) is 0 Å². The van der Waals surface area contributed by atoms with Crippen LogP contribution in [0.3, 0.4) is 0 Å². The van der Waals surface area contributed by atoms with Crippen molar-refractivity contribution in [3.8, 4) is 0 Å². The molecule has 6 nitrogen and oxygen atoms in total. The van der Waals surface area contributed by atoms with Gasteiger partial charge in [-0.1, -0.05) is 0 Å². The number of fused-ring (bicyclic) bond motifs is 1. The van der Waals surface area contributed by atoms with E-state index in [0.29, 0.717) is 0 Å². The quantitative estimate of drug-likeness (QED) is 0.486. The number of anilines is 2. The Bertz CT molecular complexity index is 692. The number of rotatable bonds is 5. The number of aromatic nitrogens is 4. The van der Waals surface area contributed by atoms with Gasteiger partial charge < -0.3 is 11.1 Å². The molecule has 3 aromatic rings. The van der Waals surface area contributed by atoms with Crippen LogP contribution in [0.25, 0.3) is 10.9 Å². The van der Waals surface area contributed by atoms with Crippen LogP contribution in [0, 0.1) is 0 Å². The Kier molecular flexibility index (Phi) is 3.45. The van der Waals surface area contributed by atoms with E-state index < -0.39 is 0 Å². The Morgan fingerprint density at radius 1 is 1.20 bits per heavy atom. The summed E-state index contributed by atoms with van der Waals surface area (Å²) in [5.74, 6) is 0.909. The minimum Gasteiger partial charge on any atom is -0.398 e. The van der Waals surface area contributed by atoms with Crippen LogP contribution < -0.4 is 11.1 Å². The van der Waals surface area contributed by atoms with Gasteiger partial charge in [0, 0.05) is 30.2 Å². The number of nitrogens with zero attached hydrogens (tertiary/aromatic N) is 3. The molecule has 0 bridgehead atoms. The van der Waals surface area contributed by atoms with E-state index in [0.717, 1.165) is 47.5 Å². The van der Waals surface area contributed by atoms with Gasteiger partial charge in [0.2, 0.25) is 0 Å². The van der Waals surface area contributed by atoms with Gasteiger partial charge in [0.1, 0.15) is 12.2 Å². The number of H-pyrrole nitrogens is 1. The molecule has 0 unspecified atom stereocenters. The maximum absolute atomic E-state index is 5.96. The highest BCUT2D eigenvalue weighted by molar-refractivity contribution is 5.98. The van der Waals surface area contributed by atoms with E-state index in [1.807, 2.05) is 24.3 Å². The van der Waals surface area contributed by atoms with Crippen molar-refractivity contribution in [3.05, 3.63) is 42.6 Å². The molecule has 3 rings (SSSR count). The zero-order chi connectivity index (χ0) is 13.8. The lowest BCUT2D eigenvalue weighted by atomic mass is 10.1. The summed E-state index contributed by atoms with van der Waals surface area (Å²) >= 11 is 0. The van der Waals surface area contributed by atoms with Crippen molar-refractivity contribution in [1.82, 2.24) is 20.2 Å². The molecule has 0 saturated heterocycles. The van der Waals surface area contributed by atoms with Crippen LogP contribution in [-0.2, 0) is 6.42 Å². The summed E-state index contributed by atoms with van der Waals surface area (Å²) in [5, 5.41) is 11.1. The fourth-order valence-corrected chi connectivity index (χ4v) is 2.17. The van der Waals surface area contributed by atoms with Gasteiger partial charge in [0.15, 0.2) is 0 Å². The van der Waals surface area contributed by atoms with Crippen LogP contribution in [-0.4, -0.2) is 26.7 Å². The second kappa shape index (κ2) is 5.56. The first kappa shape index (κ1) is 12.4. The zero-order valence-corrected chi connectivity index (χ0v) is 11.0. The van der Waals surface area contributed by atoms with Gasteiger partial charge in [0.25, 0.3) is 0 Å². The van der Waals surface area contributed by atoms with Crippen LogP contribution in [0.5, 0.6) is 0 Å². The number of nitrogens with one attached hydrogen (secondary N) is 2. The Morgan fingerprint density at radius 3 is 3.00 bits per heavy atom. The van der Waals surface area contributed by atoms with Crippen LogP contribution in [0.4, 0.5) is 11.4 Å². The van der Waals surface area contributed by atoms with Crippen molar-refractivity contribution in [2.45, 2.75) is 12.8 Å². The van der Waals surface area contributed by atoms with Crippen molar-refractivity contribution >= 4 is 22.3 Å². The average Bonchev–Trinajstić information content (AvgIpc) is 2.99. The molecule has 0 radical (unpaired) electrons. The van der Waals surface area contributed by atoms with E-state index in [1.54, 1.807) is 6.20 Å². The minimum atomic E-state index is 0.750. The molecule has 0 atom stereocenters. The van der Waals surface area contributed by atoms with Crippen molar-refractivity contribution < 1.29 is 0 Å². The fraction of sp³-hybridized carbons (Fsp3) is 0.214. The molecule has 4 N–H and O–H groups in total. The van der Waals surface area contributed by atoms with Gasteiger partial charge in [-0.25, -0.2) is 4.98 Å². The van der Waals surface area contributed by atoms with Gasteiger partial charge in [-0.3, -0.25) is 10.1 Å². The summed E-state index contributed by atoms with van der Waals surface area (Å²) < 4.78 is 0. The third-order valence-corrected chi connectivity index (χ3v) is 3.17. The maximum Gasteiger partial charge on any atom is 0.137 e. The van der Waals surface area contributed by atoms with Gasteiger partial charge in [-0.05, 0) is 30.7 Å². The molecule has 0 aliphatic heterocycles.